The lowest BCUT2D eigenvalue weighted by Crippen LogP contribution is -1.96. The van der Waals surface area contributed by atoms with Gasteiger partial charge in [0.1, 0.15) is 12.1 Å². The number of nitrogens with zero attached hydrogens (tertiary/aromatic N) is 5. The van der Waals surface area contributed by atoms with Crippen molar-refractivity contribution >= 4 is 22.6 Å². The summed E-state index contributed by atoms with van der Waals surface area (Å²) in [5.74, 6) is 0. The van der Waals surface area contributed by atoms with Crippen molar-refractivity contribution in [3.05, 3.63) is 83.1 Å². The number of nitro groups is 3. The molecule has 0 heterocycles. The molecular weight excluding hydrogens is 370 g/mol. The van der Waals surface area contributed by atoms with Crippen LogP contribution in [0.4, 0.5) is 17.1 Å². The van der Waals surface area contributed by atoms with Crippen LogP contribution < -0.4 is 0 Å². The van der Waals surface area contributed by atoms with Gasteiger partial charge in [0, 0.05) is 34.9 Å². The van der Waals surface area contributed by atoms with E-state index in [2.05, 4.69) is 5.73 Å². The molecule has 0 saturated carbocycles. The molecule has 1 aliphatic carbocycles. The van der Waals surface area contributed by atoms with Gasteiger partial charge in [-0.15, -0.1) is 0 Å². The van der Waals surface area contributed by atoms with Gasteiger partial charge in [0.15, 0.2) is 5.57 Å². The van der Waals surface area contributed by atoms with Crippen LogP contribution in [-0.2, 0) is 0 Å². The lowest BCUT2D eigenvalue weighted by molar-refractivity contribution is -0.393. The first-order chi connectivity index (χ1) is 13.3. The molecule has 0 aliphatic heterocycles. The third kappa shape index (κ3) is 2.72. The van der Waals surface area contributed by atoms with Gasteiger partial charge in [-0.25, -0.2) is 0 Å². The monoisotopic (exact) mass is 375 g/mol. The summed E-state index contributed by atoms with van der Waals surface area (Å²) < 4.78 is 0. The number of hydrogen-bond acceptors (Lipinski definition) is 8. The van der Waals surface area contributed by atoms with Crippen LogP contribution >= 0.6 is 0 Å². The molecule has 0 bridgehead atoms. The van der Waals surface area contributed by atoms with E-state index in [1.807, 2.05) is 0 Å². The summed E-state index contributed by atoms with van der Waals surface area (Å²) in [5.41, 5.74) is 0.742. The maximum absolute atomic E-state index is 11.5. The second kappa shape index (κ2) is 6.46. The van der Waals surface area contributed by atoms with Gasteiger partial charge in [-0.05, 0) is 11.6 Å². The Morgan fingerprint density at radius 2 is 1.39 bits per heavy atom. The predicted molar refractivity (Wildman–Crippen MR) is 92.6 cm³/mol. The van der Waals surface area contributed by atoms with Gasteiger partial charge in [-0.3, -0.25) is 30.3 Å². The Kier molecular flexibility index (Phi) is 4.14. The summed E-state index contributed by atoms with van der Waals surface area (Å²) in [6.07, 6.45) is 0. The van der Waals surface area contributed by atoms with Crippen molar-refractivity contribution in [1.29, 1.82) is 10.5 Å². The van der Waals surface area contributed by atoms with Crippen LogP contribution in [0.3, 0.4) is 0 Å². The zero-order valence-corrected chi connectivity index (χ0v) is 13.6. The molecule has 2 aromatic carbocycles. The average molecular weight is 375 g/mol. The molecule has 0 atom stereocenters. The Morgan fingerprint density at radius 3 is 1.93 bits per heavy atom. The van der Waals surface area contributed by atoms with Gasteiger partial charge in [0.25, 0.3) is 17.1 Å². The van der Waals surface area contributed by atoms with E-state index < -0.39 is 31.7 Å². The first kappa shape index (κ1) is 17.9. The second-order valence-corrected chi connectivity index (χ2v) is 5.49. The molecule has 0 N–H and O–H groups in total. The first-order valence-corrected chi connectivity index (χ1v) is 7.36. The van der Waals surface area contributed by atoms with Crippen molar-refractivity contribution in [2.75, 3.05) is 0 Å². The van der Waals surface area contributed by atoms with E-state index in [4.69, 9.17) is 10.5 Å². The van der Waals surface area contributed by atoms with Crippen LogP contribution in [0, 0.1) is 53.0 Å². The molecule has 11 nitrogen and oxygen atoms in total. The SMILES string of the molecule is N#CC(=C=C1c2cc([N+](=O)[O-])ccc2-c2c1cc([N+](=O)[O-])cc2[N+](=O)[O-])C#N. The maximum Gasteiger partial charge on any atom is 0.284 e. The molecule has 0 radical (unpaired) electrons. The molecule has 0 aromatic heterocycles. The topological polar surface area (TPSA) is 177 Å². The van der Waals surface area contributed by atoms with E-state index in [0.29, 0.717) is 0 Å². The molecule has 0 spiro atoms. The zero-order valence-electron chi connectivity index (χ0n) is 13.6. The third-order valence-electron chi connectivity index (χ3n) is 4.01. The number of benzene rings is 2. The quantitative estimate of drug-likeness (QED) is 0.289. The Morgan fingerprint density at radius 1 is 0.786 bits per heavy atom. The summed E-state index contributed by atoms with van der Waals surface area (Å²) in [6, 6.07) is 8.50. The van der Waals surface area contributed by atoms with Crippen LogP contribution in [0.1, 0.15) is 11.1 Å². The molecule has 11 heteroatoms. The summed E-state index contributed by atoms with van der Waals surface area (Å²) in [7, 11) is 0. The molecule has 3 rings (SSSR count). The van der Waals surface area contributed by atoms with Gasteiger partial charge in [-0.1, -0.05) is 5.73 Å². The zero-order chi connectivity index (χ0) is 20.6. The lowest BCUT2D eigenvalue weighted by atomic mass is 10.0. The second-order valence-electron chi connectivity index (χ2n) is 5.49. The maximum atomic E-state index is 11.5. The van der Waals surface area contributed by atoms with Crippen molar-refractivity contribution < 1.29 is 14.8 Å². The molecule has 0 amide bonds. The lowest BCUT2D eigenvalue weighted by Gasteiger charge is -2.02. The van der Waals surface area contributed by atoms with Crippen molar-refractivity contribution in [3.8, 4) is 23.3 Å². The smallest absolute Gasteiger partial charge is 0.258 e. The molecule has 134 valence electrons. The molecule has 28 heavy (non-hydrogen) atoms. The number of nitriles is 2. The Balaban J connectivity index is 2.54. The fourth-order valence-corrected chi connectivity index (χ4v) is 2.90. The van der Waals surface area contributed by atoms with E-state index >= 15 is 0 Å². The number of rotatable bonds is 3. The fraction of sp³-hybridized carbons (Fsp3) is 0. The van der Waals surface area contributed by atoms with E-state index in [1.165, 1.54) is 6.07 Å². The first-order valence-electron chi connectivity index (χ1n) is 7.36. The fourth-order valence-electron chi connectivity index (χ4n) is 2.90. The van der Waals surface area contributed by atoms with E-state index in [0.717, 1.165) is 24.3 Å². The third-order valence-corrected chi connectivity index (χ3v) is 4.01. The Bertz CT molecular complexity index is 1240. The standard InChI is InChI=1S/C17H5N5O6/c18-7-9(8-19)3-13-14-4-10(20(23)24)1-2-12(14)17-15(13)5-11(21(25)26)6-16(17)22(27)28/h1-2,4-6H. The summed E-state index contributed by atoms with van der Waals surface area (Å²) >= 11 is 0. The van der Waals surface area contributed by atoms with Crippen LogP contribution in [-0.4, -0.2) is 14.8 Å². The molecule has 0 saturated heterocycles. The summed E-state index contributed by atoms with van der Waals surface area (Å²) in [4.78, 5) is 31.5. The highest BCUT2D eigenvalue weighted by atomic mass is 16.6. The Hall–Kier alpha value is -4.86. The minimum absolute atomic E-state index is 0.00164. The van der Waals surface area contributed by atoms with E-state index in [1.54, 1.807) is 12.1 Å². The minimum atomic E-state index is -0.824. The molecule has 0 fully saturated rings. The number of non-ortho nitro benzene ring substituents is 2. The van der Waals surface area contributed by atoms with Crippen LogP contribution in [0.15, 0.2) is 41.6 Å². The van der Waals surface area contributed by atoms with Crippen molar-refractivity contribution in [2.24, 2.45) is 0 Å². The van der Waals surface area contributed by atoms with Crippen LogP contribution in [0.2, 0.25) is 0 Å². The van der Waals surface area contributed by atoms with Gasteiger partial charge >= 0.3 is 0 Å². The summed E-state index contributed by atoms with van der Waals surface area (Å²) in [5, 5.41) is 51.8. The number of hydrogen-bond donors (Lipinski definition) is 0. The summed E-state index contributed by atoms with van der Waals surface area (Å²) in [6.45, 7) is 0. The molecule has 1 aliphatic rings. The Labute approximate surface area is 155 Å². The van der Waals surface area contributed by atoms with Gasteiger partial charge < -0.3 is 0 Å². The highest BCUT2D eigenvalue weighted by molar-refractivity contribution is 6.05. The van der Waals surface area contributed by atoms with Gasteiger partial charge in [0.05, 0.1) is 26.4 Å². The highest BCUT2D eigenvalue weighted by Gasteiger charge is 2.35. The molecular formula is C17H5N5O6. The molecule has 2 aromatic rings. The number of nitro benzene ring substituents is 3. The van der Waals surface area contributed by atoms with Crippen LogP contribution in [0.5, 0.6) is 0 Å². The van der Waals surface area contributed by atoms with Crippen molar-refractivity contribution in [2.45, 2.75) is 0 Å². The van der Waals surface area contributed by atoms with Gasteiger partial charge in [0.2, 0.25) is 0 Å². The van der Waals surface area contributed by atoms with Crippen molar-refractivity contribution in [3.63, 3.8) is 0 Å². The largest absolute Gasteiger partial charge is 0.284 e. The van der Waals surface area contributed by atoms with Crippen LogP contribution in [0.25, 0.3) is 16.7 Å². The van der Waals surface area contributed by atoms with Crippen molar-refractivity contribution in [1.82, 2.24) is 0 Å². The van der Waals surface area contributed by atoms with E-state index in [9.17, 15) is 30.3 Å². The normalized spacial score (nSPS) is 10.7. The highest BCUT2D eigenvalue weighted by Crippen LogP contribution is 2.50. The minimum Gasteiger partial charge on any atom is -0.258 e. The van der Waals surface area contributed by atoms with E-state index in [-0.39, 0.29) is 33.5 Å². The average Bonchev–Trinajstić information content (AvgIpc) is 2.97. The number of fused-ring (bicyclic) bond motifs is 3. The number of allylic oxidation sites excluding steroid dienone is 1. The predicted octanol–water partition coefficient (Wildman–Crippen LogP) is 3.40. The van der Waals surface area contributed by atoms with Gasteiger partial charge in [-0.2, -0.15) is 10.5 Å². The molecule has 0 unspecified atom stereocenters.